The molecule has 0 atom stereocenters. The van der Waals surface area contributed by atoms with Crippen LogP contribution in [0.25, 0.3) is 0 Å². The van der Waals surface area contributed by atoms with E-state index < -0.39 is 0 Å². The van der Waals surface area contributed by atoms with Gasteiger partial charge in [0.05, 0.1) is 6.10 Å². The largest absolute Gasteiger partial charge is 0.369 e. The van der Waals surface area contributed by atoms with Gasteiger partial charge >= 0.3 is 0 Å². The molecule has 0 saturated carbocycles. The van der Waals surface area contributed by atoms with Gasteiger partial charge in [0.1, 0.15) is 12.4 Å². The van der Waals surface area contributed by atoms with Crippen molar-refractivity contribution in [2.45, 2.75) is 33.4 Å². The molecule has 0 saturated heterocycles. The molecule has 0 bridgehead atoms. The SMILES string of the molecule is CCN(Cc1cccc(F)c1)C(=O)COC(C)C. The summed E-state index contributed by atoms with van der Waals surface area (Å²) in [5.41, 5.74) is 0.787. The summed E-state index contributed by atoms with van der Waals surface area (Å²) >= 11 is 0. The number of hydrogen-bond donors (Lipinski definition) is 0. The third-order valence-electron chi connectivity index (χ3n) is 2.54. The summed E-state index contributed by atoms with van der Waals surface area (Å²) in [6.07, 6.45) is 0.0295. The number of amides is 1. The number of rotatable bonds is 6. The molecule has 4 heteroatoms. The van der Waals surface area contributed by atoms with Gasteiger partial charge < -0.3 is 9.64 Å². The second-order valence-corrected chi connectivity index (χ2v) is 4.40. The molecule has 0 spiro atoms. The van der Waals surface area contributed by atoms with Gasteiger partial charge in [-0.15, -0.1) is 0 Å². The Labute approximate surface area is 108 Å². The molecule has 0 aliphatic rings. The second kappa shape index (κ2) is 7.11. The minimum absolute atomic E-state index is 0.0295. The maximum absolute atomic E-state index is 13.0. The Morgan fingerprint density at radius 2 is 2.17 bits per heavy atom. The molecular weight excluding hydrogens is 233 g/mol. The van der Waals surface area contributed by atoms with E-state index in [0.717, 1.165) is 5.56 Å². The third kappa shape index (κ3) is 4.84. The summed E-state index contributed by atoms with van der Waals surface area (Å²) in [7, 11) is 0. The van der Waals surface area contributed by atoms with E-state index in [1.165, 1.54) is 12.1 Å². The van der Waals surface area contributed by atoms with Crippen LogP contribution in [-0.4, -0.2) is 30.1 Å². The Morgan fingerprint density at radius 3 is 2.72 bits per heavy atom. The molecule has 1 rings (SSSR count). The van der Waals surface area contributed by atoms with Crippen LogP contribution in [0, 0.1) is 5.82 Å². The highest BCUT2D eigenvalue weighted by Crippen LogP contribution is 2.07. The zero-order chi connectivity index (χ0) is 13.5. The average molecular weight is 253 g/mol. The van der Waals surface area contributed by atoms with Crippen LogP contribution in [0.5, 0.6) is 0 Å². The molecule has 18 heavy (non-hydrogen) atoms. The quantitative estimate of drug-likeness (QED) is 0.780. The van der Waals surface area contributed by atoms with Crippen molar-refractivity contribution in [3.05, 3.63) is 35.6 Å². The highest BCUT2D eigenvalue weighted by Gasteiger charge is 2.13. The predicted molar refractivity (Wildman–Crippen MR) is 68.6 cm³/mol. The van der Waals surface area contributed by atoms with Crippen LogP contribution in [0.3, 0.4) is 0 Å². The molecule has 1 amide bonds. The average Bonchev–Trinajstić information content (AvgIpc) is 2.33. The first-order chi connectivity index (χ1) is 8.52. The number of carbonyl (C=O) groups excluding carboxylic acids is 1. The minimum atomic E-state index is -0.283. The lowest BCUT2D eigenvalue weighted by Crippen LogP contribution is -2.34. The van der Waals surface area contributed by atoms with E-state index in [4.69, 9.17) is 4.74 Å². The van der Waals surface area contributed by atoms with E-state index in [2.05, 4.69) is 0 Å². The predicted octanol–water partition coefficient (Wildman–Crippen LogP) is 2.60. The van der Waals surface area contributed by atoms with Gasteiger partial charge in [-0.1, -0.05) is 12.1 Å². The zero-order valence-corrected chi connectivity index (χ0v) is 11.1. The van der Waals surface area contributed by atoms with Crippen LogP contribution >= 0.6 is 0 Å². The maximum Gasteiger partial charge on any atom is 0.248 e. The molecule has 0 fully saturated rings. The van der Waals surface area contributed by atoms with Gasteiger partial charge in [0, 0.05) is 13.1 Å². The Kier molecular flexibility index (Phi) is 5.78. The fourth-order valence-electron chi connectivity index (χ4n) is 1.56. The summed E-state index contributed by atoms with van der Waals surface area (Å²) in [5, 5.41) is 0. The summed E-state index contributed by atoms with van der Waals surface area (Å²) < 4.78 is 18.3. The zero-order valence-electron chi connectivity index (χ0n) is 11.1. The normalized spacial score (nSPS) is 10.7. The van der Waals surface area contributed by atoms with Crippen LogP contribution < -0.4 is 0 Å². The first kappa shape index (κ1) is 14.6. The molecule has 0 radical (unpaired) electrons. The van der Waals surface area contributed by atoms with Gasteiger partial charge in [-0.25, -0.2) is 4.39 Å². The monoisotopic (exact) mass is 253 g/mol. The van der Waals surface area contributed by atoms with Gasteiger partial charge in [0.15, 0.2) is 0 Å². The standard InChI is InChI=1S/C14H20FNO2/c1-4-16(14(17)10-18-11(2)3)9-12-6-5-7-13(15)8-12/h5-8,11H,4,9-10H2,1-3H3. The van der Waals surface area contributed by atoms with Crippen molar-refractivity contribution >= 4 is 5.91 Å². The number of hydrogen-bond acceptors (Lipinski definition) is 2. The van der Waals surface area contributed by atoms with E-state index in [9.17, 15) is 9.18 Å². The van der Waals surface area contributed by atoms with E-state index in [-0.39, 0.29) is 24.4 Å². The van der Waals surface area contributed by atoms with Crippen molar-refractivity contribution in [3.63, 3.8) is 0 Å². The summed E-state index contributed by atoms with van der Waals surface area (Å²) in [5.74, 6) is -0.357. The fourth-order valence-corrected chi connectivity index (χ4v) is 1.56. The number of ether oxygens (including phenoxy) is 1. The molecular formula is C14H20FNO2. The molecule has 3 nitrogen and oxygen atoms in total. The maximum atomic E-state index is 13.0. The smallest absolute Gasteiger partial charge is 0.248 e. The minimum Gasteiger partial charge on any atom is -0.369 e. The lowest BCUT2D eigenvalue weighted by molar-refractivity contribution is -0.138. The fraction of sp³-hybridized carbons (Fsp3) is 0.500. The van der Waals surface area contributed by atoms with Crippen molar-refractivity contribution < 1.29 is 13.9 Å². The first-order valence-corrected chi connectivity index (χ1v) is 6.16. The number of nitrogens with zero attached hydrogens (tertiary/aromatic N) is 1. The van der Waals surface area contributed by atoms with Gasteiger partial charge in [-0.3, -0.25) is 4.79 Å². The number of benzene rings is 1. The van der Waals surface area contributed by atoms with Gasteiger partial charge in [0.2, 0.25) is 5.91 Å². The van der Waals surface area contributed by atoms with Gasteiger partial charge in [0.25, 0.3) is 0 Å². The van der Waals surface area contributed by atoms with Crippen LogP contribution in [0.2, 0.25) is 0 Å². The molecule has 0 unspecified atom stereocenters. The molecule has 1 aromatic rings. The van der Waals surface area contributed by atoms with Crippen LogP contribution in [0.1, 0.15) is 26.3 Å². The molecule has 0 N–H and O–H groups in total. The van der Waals surface area contributed by atoms with Gasteiger partial charge in [-0.2, -0.15) is 0 Å². The Hall–Kier alpha value is -1.42. The van der Waals surface area contributed by atoms with Crippen LogP contribution in [0.15, 0.2) is 24.3 Å². The van der Waals surface area contributed by atoms with Crippen LogP contribution in [-0.2, 0) is 16.1 Å². The Bertz CT molecular complexity index is 393. The Morgan fingerprint density at radius 1 is 1.44 bits per heavy atom. The van der Waals surface area contributed by atoms with Crippen LogP contribution in [0.4, 0.5) is 4.39 Å². The van der Waals surface area contributed by atoms with Crippen molar-refractivity contribution in [1.29, 1.82) is 0 Å². The lowest BCUT2D eigenvalue weighted by atomic mass is 10.2. The van der Waals surface area contributed by atoms with E-state index in [1.54, 1.807) is 11.0 Å². The summed E-state index contributed by atoms with van der Waals surface area (Å²) in [4.78, 5) is 13.5. The molecule has 0 heterocycles. The van der Waals surface area contributed by atoms with E-state index >= 15 is 0 Å². The highest BCUT2D eigenvalue weighted by molar-refractivity contribution is 5.77. The van der Waals surface area contributed by atoms with Crippen molar-refractivity contribution in [1.82, 2.24) is 4.90 Å². The van der Waals surface area contributed by atoms with Crippen molar-refractivity contribution in [2.24, 2.45) is 0 Å². The molecule has 100 valence electrons. The lowest BCUT2D eigenvalue weighted by Gasteiger charge is -2.21. The number of halogens is 1. The summed E-state index contributed by atoms with van der Waals surface area (Å²) in [6, 6.07) is 6.29. The molecule has 0 aromatic heterocycles. The van der Waals surface area contributed by atoms with E-state index in [0.29, 0.717) is 13.1 Å². The summed E-state index contributed by atoms with van der Waals surface area (Å²) in [6.45, 7) is 6.73. The molecule has 0 aliphatic heterocycles. The number of likely N-dealkylation sites (N-methyl/N-ethyl adjacent to an activating group) is 1. The molecule has 0 aliphatic carbocycles. The van der Waals surface area contributed by atoms with Crippen molar-refractivity contribution in [3.8, 4) is 0 Å². The first-order valence-electron chi connectivity index (χ1n) is 6.16. The molecule has 1 aromatic carbocycles. The van der Waals surface area contributed by atoms with E-state index in [1.807, 2.05) is 26.8 Å². The van der Waals surface area contributed by atoms with Gasteiger partial charge in [-0.05, 0) is 38.5 Å². The Balaban J connectivity index is 2.58. The highest BCUT2D eigenvalue weighted by atomic mass is 19.1. The second-order valence-electron chi connectivity index (χ2n) is 4.40. The third-order valence-corrected chi connectivity index (χ3v) is 2.54. The topological polar surface area (TPSA) is 29.5 Å². The number of carbonyl (C=O) groups is 1. The van der Waals surface area contributed by atoms with Crippen molar-refractivity contribution in [2.75, 3.05) is 13.2 Å².